The van der Waals surface area contributed by atoms with E-state index in [9.17, 15) is 13.2 Å². The Kier molecular flexibility index (Phi) is 1.43. The molecule has 0 unspecified atom stereocenters. The van der Waals surface area contributed by atoms with Crippen LogP contribution in [0.5, 0.6) is 0 Å². The molecule has 6 heteroatoms. The van der Waals surface area contributed by atoms with Crippen LogP contribution >= 0.6 is 0 Å². The quantitative estimate of drug-likeness (QED) is 0.637. The first-order valence-electron chi connectivity index (χ1n) is 3.46. The van der Waals surface area contributed by atoms with Crippen molar-refractivity contribution in [3.8, 4) is 0 Å². The zero-order chi connectivity index (χ0) is 9.64. The largest absolute Gasteiger partial charge is 0.441 e. The van der Waals surface area contributed by atoms with Crippen LogP contribution in [0.4, 0.5) is 13.2 Å². The lowest BCUT2D eigenvalue weighted by atomic mass is 10.3. The Labute approximate surface area is 70.8 Å². The number of hydrogen-bond donors (Lipinski definition) is 0. The normalized spacial score (nSPS) is 12.6. The Morgan fingerprint density at radius 1 is 1.46 bits per heavy atom. The molecule has 0 spiro atoms. The molecule has 2 aromatic heterocycles. The Hall–Kier alpha value is -1.46. The summed E-state index contributed by atoms with van der Waals surface area (Å²) >= 11 is 0. The van der Waals surface area contributed by atoms with Gasteiger partial charge in [0.05, 0.1) is 0 Å². The first-order chi connectivity index (χ1) is 6.00. The molecule has 70 valence electrons. The third-order valence-electron chi connectivity index (χ3n) is 1.76. The van der Waals surface area contributed by atoms with Crippen molar-refractivity contribution >= 4 is 11.2 Å². The summed E-state index contributed by atoms with van der Waals surface area (Å²) in [5.41, 5.74) is -0.801. The molecular formula is C7H5F3N2O. The van der Waals surface area contributed by atoms with Crippen molar-refractivity contribution in [2.75, 3.05) is 0 Å². The minimum absolute atomic E-state index is 0.201. The van der Waals surface area contributed by atoms with Gasteiger partial charge in [0, 0.05) is 13.2 Å². The van der Waals surface area contributed by atoms with Crippen LogP contribution in [0.3, 0.4) is 0 Å². The number of fused-ring (bicyclic) bond motifs is 1. The van der Waals surface area contributed by atoms with Gasteiger partial charge in [-0.2, -0.15) is 18.2 Å². The van der Waals surface area contributed by atoms with Crippen molar-refractivity contribution < 1.29 is 17.6 Å². The molecule has 2 heterocycles. The summed E-state index contributed by atoms with van der Waals surface area (Å²) < 4.78 is 42.8. The maximum absolute atomic E-state index is 12.3. The van der Waals surface area contributed by atoms with Crippen molar-refractivity contribution in [3.05, 3.63) is 18.2 Å². The summed E-state index contributed by atoms with van der Waals surface area (Å²) in [5.74, 6) is 0. The first kappa shape index (κ1) is 8.15. The van der Waals surface area contributed by atoms with Gasteiger partial charge in [-0.1, -0.05) is 0 Å². The summed E-state index contributed by atoms with van der Waals surface area (Å²) in [4.78, 5) is 3.65. The molecule has 2 aromatic rings. The number of hydrogen-bond acceptors (Lipinski definition) is 2. The standard InChI is InChI=1S/C7H5F3N2O/c1-12-2-4(7(8,9)10)5-6(12)11-3-13-5/h2-3H,1H3. The smallest absolute Gasteiger partial charge is 0.421 e. The summed E-state index contributed by atoms with van der Waals surface area (Å²) in [7, 11) is 1.49. The van der Waals surface area contributed by atoms with Crippen LogP contribution in [0.2, 0.25) is 0 Å². The monoisotopic (exact) mass is 190 g/mol. The second-order valence-electron chi connectivity index (χ2n) is 2.66. The predicted octanol–water partition coefficient (Wildman–Crippen LogP) is 2.19. The van der Waals surface area contributed by atoms with Gasteiger partial charge in [0.1, 0.15) is 5.56 Å². The molecule has 3 nitrogen and oxygen atoms in total. The summed E-state index contributed by atoms with van der Waals surface area (Å²) in [6, 6.07) is 0. The van der Waals surface area contributed by atoms with Gasteiger partial charge in [-0.05, 0) is 0 Å². The second kappa shape index (κ2) is 2.27. The molecular weight excluding hydrogens is 185 g/mol. The first-order valence-corrected chi connectivity index (χ1v) is 3.46. The van der Waals surface area contributed by atoms with E-state index in [2.05, 4.69) is 9.40 Å². The van der Waals surface area contributed by atoms with Crippen LogP contribution in [0.15, 0.2) is 17.0 Å². The van der Waals surface area contributed by atoms with Gasteiger partial charge < -0.3 is 8.98 Å². The van der Waals surface area contributed by atoms with Gasteiger partial charge >= 0.3 is 6.18 Å². The minimum atomic E-state index is -4.39. The van der Waals surface area contributed by atoms with Crippen LogP contribution in [-0.2, 0) is 13.2 Å². The summed E-state index contributed by atoms with van der Waals surface area (Å²) in [6.45, 7) is 0. The lowest BCUT2D eigenvalue weighted by Crippen LogP contribution is -2.03. The average molecular weight is 190 g/mol. The van der Waals surface area contributed by atoms with E-state index in [-0.39, 0.29) is 11.2 Å². The van der Waals surface area contributed by atoms with E-state index in [1.807, 2.05) is 0 Å². The van der Waals surface area contributed by atoms with Gasteiger partial charge in [0.25, 0.3) is 0 Å². The van der Waals surface area contributed by atoms with Gasteiger partial charge in [0.15, 0.2) is 17.6 Å². The number of oxazole rings is 1. The Morgan fingerprint density at radius 2 is 2.15 bits per heavy atom. The van der Waals surface area contributed by atoms with E-state index in [1.54, 1.807) is 0 Å². The molecule has 0 aliphatic heterocycles. The number of rotatable bonds is 0. The maximum atomic E-state index is 12.3. The molecule has 2 rings (SSSR count). The summed E-state index contributed by atoms with van der Waals surface area (Å²) in [5, 5.41) is 0. The summed E-state index contributed by atoms with van der Waals surface area (Å²) in [6.07, 6.45) is -2.43. The van der Waals surface area contributed by atoms with Crippen molar-refractivity contribution in [2.24, 2.45) is 7.05 Å². The lowest BCUT2D eigenvalue weighted by molar-refractivity contribution is -0.136. The zero-order valence-electron chi connectivity index (χ0n) is 6.59. The molecule has 0 atom stereocenters. The van der Waals surface area contributed by atoms with Gasteiger partial charge in [-0.3, -0.25) is 0 Å². The van der Waals surface area contributed by atoms with Gasteiger partial charge in [-0.25, -0.2) is 0 Å². The highest BCUT2D eigenvalue weighted by molar-refractivity contribution is 5.74. The third-order valence-corrected chi connectivity index (χ3v) is 1.76. The fourth-order valence-corrected chi connectivity index (χ4v) is 1.19. The van der Waals surface area contributed by atoms with Crippen LogP contribution < -0.4 is 0 Å². The van der Waals surface area contributed by atoms with E-state index >= 15 is 0 Å². The topological polar surface area (TPSA) is 31.0 Å². The number of aromatic nitrogens is 2. The molecule has 0 aliphatic carbocycles. The minimum Gasteiger partial charge on any atom is -0.441 e. The van der Waals surface area contributed by atoms with Crippen LogP contribution in [0.1, 0.15) is 5.56 Å². The number of alkyl halides is 3. The highest BCUT2D eigenvalue weighted by Crippen LogP contribution is 2.35. The van der Waals surface area contributed by atoms with Gasteiger partial charge in [0.2, 0.25) is 0 Å². The van der Waals surface area contributed by atoms with Crippen LogP contribution in [0.25, 0.3) is 11.2 Å². The SMILES string of the molecule is Cn1cc(C(F)(F)F)c2ocnc21. The van der Waals surface area contributed by atoms with Crippen LogP contribution in [-0.4, -0.2) is 9.55 Å². The Balaban J connectivity index is 2.76. The molecule has 0 radical (unpaired) electrons. The fraction of sp³-hybridized carbons (Fsp3) is 0.286. The molecule has 0 bridgehead atoms. The van der Waals surface area contributed by atoms with E-state index in [1.165, 1.54) is 11.6 Å². The van der Waals surface area contributed by atoms with Crippen molar-refractivity contribution in [1.29, 1.82) is 0 Å². The van der Waals surface area contributed by atoms with Crippen molar-refractivity contribution in [1.82, 2.24) is 9.55 Å². The lowest BCUT2D eigenvalue weighted by Gasteiger charge is -2.00. The van der Waals surface area contributed by atoms with Gasteiger partial charge in [-0.15, -0.1) is 0 Å². The molecule has 0 N–H and O–H groups in total. The molecule has 13 heavy (non-hydrogen) atoms. The van der Waals surface area contributed by atoms with E-state index in [0.717, 1.165) is 12.6 Å². The third kappa shape index (κ3) is 1.09. The predicted molar refractivity (Wildman–Crippen MR) is 38.0 cm³/mol. The molecule has 0 fully saturated rings. The fourth-order valence-electron chi connectivity index (χ4n) is 1.19. The zero-order valence-corrected chi connectivity index (χ0v) is 6.59. The number of nitrogens with zero attached hydrogens (tertiary/aromatic N) is 2. The average Bonchev–Trinajstić information content (AvgIpc) is 2.51. The maximum Gasteiger partial charge on any atom is 0.421 e. The van der Waals surface area contributed by atoms with E-state index in [4.69, 9.17) is 0 Å². The van der Waals surface area contributed by atoms with Crippen molar-refractivity contribution in [3.63, 3.8) is 0 Å². The van der Waals surface area contributed by atoms with E-state index in [0.29, 0.717) is 0 Å². The Morgan fingerprint density at radius 3 is 2.77 bits per heavy atom. The highest BCUT2D eigenvalue weighted by atomic mass is 19.4. The second-order valence-corrected chi connectivity index (χ2v) is 2.66. The number of aryl methyl sites for hydroxylation is 1. The van der Waals surface area contributed by atoms with E-state index < -0.39 is 11.7 Å². The molecule has 0 saturated carbocycles. The number of halogens is 3. The molecule has 0 aliphatic rings. The molecule has 0 amide bonds. The Bertz CT molecular complexity index is 440. The molecule has 0 aromatic carbocycles. The van der Waals surface area contributed by atoms with Crippen molar-refractivity contribution in [2.45, 2.75) is 6.18 Å². The molecule has 0 saturated heterocycles. The highest BCUT2D eigenvalue weighted by Gasteiger charge is 2.36. The van der Waals surface area contributed by atoms with Crippen LogP contribution in [0, 0.1) is 0 Å².